The lowest BCUT2D eigenvalue weighted by molar-refractivity contribution is -0.158. The third kappa shape index (κ3) is 14.0. The molecule has 0 unspecified atom stereocenters. The maximum absolute atomic E-state index is 11.8. The molecule has 0 aromatic carbocycles. The topological polar surface area (TPSA) is 44.8 Å². The first-order chi connectivity index (χ1) is 13.5. The van der Waals surface area contributed by atoms with Gasteiger partial charge in [-0.1, -0.05) is 63.3 Å². The standard InChI is InChI=1S/C24H42O4/c1-4-5-6-7-8-9-10-11-12-13-14-15-16-17-18-19-23(25)26-20-22-21-27-24(2,3)28-22/h8-9,11-12,22H,4-7,10,13-21H2,1-3H3/b9-8-,12-11-/t22-/m1/s1. The molecule has 0 N–H and O–H groups in total. The van der Waals surface area contributed by atoms with Crippen molar-refractivity contribution >= 4 is 5.97 Å². The molecule has 0 aromatic rings. The molecule has 1 saturated heterocycles. The van der Waals surface area contributed by atoms with Crippen LogP contribution in [0.2, 0.25) is 0 Å². The Labute approximate surface area is 172 Å². The van der Waals surface area contributed by atoms with Gasteiger partial charge in [-0.2, -0.15) is 0 Å². The third-order valence-electron chi connectivity index (χ3n) is 4.83. The second kappa shape index (κ2) is 15.8. The molecule has 0 bridgehead atoms. The fourth-order valence-corrected chi connectivity index (χ4v) is 3.18. The minimum absolute atomic E-state index is 0.126. The number of unbranched alkanes of at least 4 members (excludes halogenated alkanes) is 8. The third-order valence-corrected chi connectivity index (χ3v) is 4.83. The van der Waals surface area contributed by atoms with Gasteiger partial charge in [0, 0.05) is 6.42 Å². The lowest BCUT2D eigenvalue weighted by Crippen LogP contribution is -2.25. The van der Waals surface area contributed by atoms with Crippen LogP contribution in [0.1, 0.15) is 97.8 Å². The van der Waals surface area contributed by atoms with Crippen LogP contribution in [0.25, 0.3) is 0 Å². The molecule has 1 atom stereocenters. The zero-order chi connectivity index (χ0) is 20.5. The molecule has 0 aromatic heterocycles. The second-order valence-corrected chi connectivity index (χ2v) is 8.11. The largest absolute Gasteiger partial charge is 0.463 e. The predicted octanol–water partition coefficient (Wildman–Crippen LogP) is 6.49. The summed E-state index contributed by atoms with van der Waals surface area (Å²) < 4.78 is 16.4. The summed E-state index contributed by atoms with van der Waals surface area (Å²) >= 11 is 0. The van der Waals surface area contributed by atoms with Crippen molar-refractivity contribution in [2.75, 3.05) is 13.2 Å². The Morgan fingerprint density at radius 3 is 2.25 bits per heavy atom. The molecule has 4 nitrogen and oxygen atoms in total. The van der Waals surface area contributed by atoms with Crippen molar-refractivity contribution < 1.29 is 19.0 Å². The Hall–Kier alpha value is -1.13. The lowest BCUT2D eigenvalue weighted by Gasteiger charge is -2.16. The highest BCUT2D eigenvalue weighted by atomic mass is 16.7. The van der Waals surface area contributed by atoms with Crippen LogP contribution in [-0.2, 0) is 19.0 Å². The van der Waals surface area contributed by atoms with Gasteiger partial charge in [0.2, 0.25) is 0 Å². The summed E-state index contributed by atoms with van der Waals surface area (Å²) in [7, 11) is 0. The quantitative estimate of drug-likeness (QED) is 0.170. The van der Waals surface area contributed by atoms with Crippen molar-refractivity contribution in [3.63, 3.8) is 0 Å². The molecule has 4 heteroatoms. The molecular weight excluding hydrogens is 352 g/mol. The van der Waals surface area contributed by atoms with E-state index in [0.29, 0.717) is 19.6 Å². The van der Waals surface area contributed by atoms with Crippen LogP contribution >= 0.6 is 0 Å². The van der Waals surface area contributed by atoms with Gasteiger partial charge in [-0.3, -0.25) is 4.79 Å². The van der Waals surface area contributed by atoms with Crippen LogP contribution in [0.15, 0.2) is 24.3 Å². The van der Waals surface area contributed by atoms with Gasteiger partial charge in [0.15, 0.2) is 5.79 Å². The number of esters is 1. The number of carbonyl (C=O) groups excluding carboxylic acids is 1. The summed E-state index contributed by atoms with van der Waals surface area (Å²) in [6, 6.07) is 0. The molecule has 0 radical (unpaired) electrons. The van der Waals surface area contributed by atoms with Gasteiger partial charge < -0.3 is 14.2 Å². The van der Waals surface area contributed by atoms with E-state index >= 15 is 0 Å². The Kier molecular flexibility index (Phi) is 14.0. The van der Waals surface area contributed by atoms with Gasteiger partial charge in [0.1, 0.15) is 12.7 Å². The average molecular weight is 395 g/mol. The number of hydrogen-bond acceptors (Lipinski definition) is 4. The second-order valence-electron chi connectivity index (χ2n) is 8.11. The van der Waals surface area contributed by atoms with Gasteiger partial charge in [-0.25, -0.2) is 0 Å². The minimum atomic E-state index is -0.558. The number of rotatable bonds is 16. The maximum atomic E-state index is 11.8. The molecule has 1 rings (SSSR count). The molecule has 1 aliphatic heterocycles. The zero-order valence-electron chi connectivity index (χ0n) is 18.4. The minimum Gasteiger partial charge on any atom is -0.463 e. The SMILES string of the molecule is CCCCC/C=C\C/C=C\CCCCCCCC(=O)OC[C@@H]1COC(C)(C)O1. The fourth-order valence-electron chi connectivity index (χ4n) is 3.18. The Morgan fingerprint density at radius 1 is 0.964 bits per heavy atom. The van der Waals surface area contributed by atoms with Crippen molar-refractivity contribution in [3.8, 4) is 0 Å². The van der Waals surface area contributed by atoms with Crippen LogP contribution in [-0.4, -0.2) is 31.1 Å². The van der Waals surface area contributed by atoms with Gasteiger partial charge in [0.05, 0.1) is 6.61 Å². The summed E-state index contributed by atoms with van der Waals surface area (Å²) in [6.45, 7) is 6.77. The first kappa shape index (κ1) is 24.9. The van der Waals surface area contributed by atoms with Gasteiger partial charge in [-0.15, -0.1) is 0 Å². The molecule has 0 amide bonds. The molecule has 162 valence electrons. The van der Waals surface area contributed by atoms with Crippen LogP contribution in [0.3, 0.4) is 0 Å². The van der Waals surface area contributed by atoms with Crippen molar-refractivity contribution in [3.05, 3.63) is 24.3 Å². The first-order valence-corrected chi connectivity index (χ1v) is 11.3. The molecule has 1 aliphatic rings. The summed E-state index contributed by atoms with van der Waals surface area (Å²) in [4.78, 5) is 11.8. The highest BCUT2D eigenvalue weighted by Gasteiger charge is 2.33. The molecule has 1 fully saturated rings. The molecule has 1 heterocycles. The molecule has 0 saturated carbocycles. The fraction of sp³-hybridized carbons (Fsp3) is 0.792. The van der Waals surface area contributed by atoms with E-state index in [4.69, 9.17) is 14.2 Å². The number of hydrogen-bond donors (Lipinski definition) is 0. The van der Waals surface area contributed by atoms with E-state index < -0.39 is 5.79 Å². The number of ether oxygens (including phenoxy) is 3. The van der Waals surface area contributed by atoms with Crippen molar-refractivity contribution in [1.29, 1.82) is 0 Å². The smallest absolute Gasteiger partial charge is 0.305 e. The Balaban J connectivity index is 1.84. The maximum Gasteiger partial charge on any atom is 0.305 e. The highest BCUT2D eigenvalue weighted by Crippen LogP contribution is 2.22. The van der Waals surface area contributed by atoms with E-state index in [-0.39, 0.29) is 12.1 Å². The van der Waals surface area contributed by atoms with Crippen LogP contribution < -0.4 is 0 Å². The zero-order valence-corrected chi connectivity index (χ0v) is 18.4. The van der Waals surface area contributed by atoms with Gasteiger partial charge in [-0.05, 0) is 52.4 Å². The molecular formula is C24H42O4. The summed E-state index contributed by atoms with van der Waals surface area (Å²) in [5.74, 6) is -0.684. The van der Waals surface area contributed by atoms with Crippen LogP contribution in [0.5, 0.6) is 0 Å². The first-order valence-electron chi connectivity index (χ1n) is 11.3. The molecule has 0 aliphatic carbocycles. The average Bonchev–Trinajstić information content (AvgIpc) is 3.02. The lowest BCUT2D eigenvalue weighted by atomic mass is 10.1. The van der Waals surface area contributed by atoms with E-state index in [9.17, 15) is 4.79 Å². The van der Waals surface area contributed by atoms with Crippen molar-refractivity contribution in [2.24, 2.45) is 0 Å². The monoisotopic (exact) mass is 394 g/mol. The van der Waals surface area contributed by atoms with E-state index in [1.54, 1.807) is 0 Å². The normalized spacial score (nSPS) is 19.0. The summed E-state index contributed by atoms with van der Waals surface area (Å²) in [5, 5.41) is 0. The predicted molar refractivity (Wildman–Crippen MR) is 115 cm³/mol. The Morgan fingerprint density at radius 2 is 1.61 bits per heavy atom. The number of carbonyl (C=O) groups is 1. The van der Waals surface area contributed by atoms with Gasteiger partial charge >= 0.3 is 5.97 Å². The molecule has 0 spiro atoms. The highest BCUT2D eigenvalue weighted by molar-refractivity contribution is 5.69. The van der Waals surface area contributed by atoms with Crippen molar-refractivity contribution in [2.45, 2.75) is 110 Å². The number of allylic oxidation sites excluding steroid dienone is 4. The van der Waals surface area contributed by atoms with E-state index in [0.717, 1.165) is 25.7 Å². The Bertz CT molecular complexity index is 454. The van der Waals surface area contributed by atoms with E-state index in [2.05, 4.69) is 31.2 Å². The van der Waals surface area contributed by atoms with E-state index in [1.165, 1.54) is 44.9 Å². The summed E-state index contributed by atoms with van der Waals surface area (Å²) in [5.41, 5.74) is 0. The van der Waals surface area contributed by atoms with E-state index in [1.807, 2.05) is 13.8 Å². The molecule has 28 heavy (non-hydrogen) atoms. The van der Waals surface area contributed by atoms with Crippen LogP contribution in [0.4, 0.5) is 0 Å². The van der Waals surface area contributed by atoms with Gasteiger partial charge in [0.25, 0.3) is 0 Å². The summed E-state index contributed by atoms with van der Waals surface area (Å²) in [6.07, 6.45) is 22.5. The van der Waals surface area contributed by atoms with Crippen LogP contribution in [0, 0.1) is 0 Å². The van der Waals surface area contributed by atoms with Crippen molar-refractivity contribution in [1.82, 2.24) is 0 Å².